The summed E-state index contributed by atoms with van der Waals surface area (Å²) >= 11 is 1.70. The summed E-state index contributed by atoms with van der Waals surface area (Å²) in [5, 5.41) is 10.4. The second-order valence-corrected chi connectivity index (χ2v) is 3.53. The number of nitrogens with one attached hydrogen (secondary N) is 1. The van der Waals surface area contributed by atoms with Crippen molar-refractivity contribution in [3.8, 4) is 0 Å². The molecule has 0 amide bonds. The largest absolute Gasteiger partial charge is 0.384 e. The van der Waals surface area contributed by atoms with Gasteiger partial charge in [0.2, 0.25) is 0 Å². The number of nitrogen functional groups attached to an aromatic ring is 1. The lowest BCUT2D eigenvalue weighted by molar-refractivity contribution is 1.43. The Balaban J connectivity index is 0.000000845. The van der Waals surface area contributed by atoms with Gasteiger partial charge in [0.1, 0.15) is 5.84 Å². The van der Waals surface area contributed by atoms with Crippen molar-refractivity contribution in [3.05, 3.63) is 35.2 Å². The second kappa shape index (κ2) is 3.77. The second-order valence-electron chi connectivity index (χ2n) is 2.59. The van der Waals surface area contributed by atoms with Crippen molar-refractivity contribution in [1.29, 1.82) is 5.41 Å². The molecule has 3 N–H and O–H groups in total. The van der Waals surface area contributed by atoms with Gasteiger partial charge in [-0.15, -0.1) is 23.7 Å². The molecule has 0 bridgehead atoms. The first-order valence-corrected chi connectivity index (χ1v) is 4.47. The zero-order valence-corrected chi connectivity index (χ0v) is 8.41. The van der Waals surface area contributed by atoms with Gasteiger partial charge in [-0.2, -0.15) is 0 Å². The van der Waals surface area contributed by atoms with Crippen LogP contribution in [0.15, 0.2) is 29.6 Å². The Bertz CT molecular complexity index is 436. The minimum atomic E-state index is 0. The van der Waals surface area contributed by atoms with Crippen LogP contribution in [-0.4, -0.2) is 5.84 Å². The molecule has 1 aromatic carbocycles. The minimum absolute atomic E-state index is 0. The van der Waals surface area contributed by atoms with Gasteiger partial charge in [0.05, 0.1) is 0 Å². The zero-order chi connectivity index (χ0) is 8.55. The quantitative estimate of drug-likeness (QED) is 0.554. The van der Waals surface area contributed by atoms with Crippen LogP contribution in [0.4, 0.5) is 0 Å². The molecule has 1 aromatic heterocycles. The first-order valence-electron chi connectivity index (χ1n) is 3.59. The van der Waals surface area contributed by atoms with Crippen LogP contribution in [0.3, 0.4) is 0 Å². The Morgan fingerprint density at radius 2 is 2.08 bits per heavy atom. The van der Waals surface area contributed by atoms with Crippen molar-refractivity contribution in [3.63, 3.8) is 0 Å². The number of halogens is 1. The van der Waals surface area contributed by atoms with E-state index < -0.39 is 0 Å². The first kappa shape index (κ1) is 10.0. The standard InChI is InChI=1S/C9H8N2S.ClH/c10-9(11)7-1-2-8-6(5-7)3-4-12-8;/h1-5H,(H3,10,11);1H. The van der Waals surface area contributed by atoms with Crippen molar-refractivity contribution >= 4 is 39.7 Å². The Morgan fingerprint density at radius 1 is 1.31 bits per heavy atom. The van der Waals surface area contributed by atoms with Crippen LogP contribution in [-0.2, 0) is 0 Å². The summed E-state index contributed by atoms with van der Waals surface area (Å²) in [4.78, 5) is 0. The van der Waals surface area contributed by atoms with Gasteiger partial charge in [-0.25, -0.2) is 0 Å². The average Bonchev–Trinajstić information content (AvgIpc) is 2.49. The smallest absolute Gasteiger partial charge is 0.122 e. The third-order valence-electron chi connectivity index (χ3n) is 1.76. The van der Waals surface area contributed by atoms with Crippen molar-refractivity contribution < 1.29 is 0 Å². The molecule has 0 saturated heterocycles. The van der Waals surface area contributed by atoms with Gasteiger partial charge in [0.15, 0.2) is 0 Å². The fourth-order valence-electron chi connectivity index (χ4n) is 1.13. The normalized spacial score (nSPS) is 9.54. The van der Waals surface area contributed by atoms with Crippen LogP contribution in [0.25, 0.3) is 10.1 Å². The van der Waals surface area contributed by atoms with Gasteiger partial charge in [-0.05, 0) is 35.0 Å². The maximum Gasteiger partial charge on any atom is 0.122 e. The van der Waals surface area contributed by atoms with Crippen LogP contribution >= 0.6 is 23.7 Å². The molecule has 0 aliphatic heterocycles. The summed E-state index contributed by atoms with van der Waals surface area (Å²) in [6, 6.07) is 7.85. The topological polar surface area (TPSA) is 49.9 Å². The molecule has 0 radical (unpaired) electrons. The number of amidine groups is 1. The summed E-state index contributed by atoms with van der Waals surface area (Å²) in [6.45, 7) is 0. The van der Waals surface area contributed by atoms with Gasteiger partial charge in [0, 0.05) is 10.3 Å². The summed E-state index contributed by atoms with van der Waals surface area (Å²) in [7, 11) is 0. The minimum Gasteiger partial charge on any atom is -0.384 e. The van der Waals surface area contributed by atoms with E-state index >= 15 is 0 Å². The maximum absolute atomic E-state index is 7.24. The Labute approximate surface area is 86.3 Å². The Morgan fingerprint density at radius 3 is 2.77 bits per heavy atom. The molecule has 0 atom stereocenters. The molecule has 2 rings (SSSR count). The lowest BCUT2D eigenvalue weighted by Crippen LogP contribution is -2.10. The Kier molecular flexibility index (Phi) is 2.90. The molecule has 0 spiro atoms. The Hall–Kier alpha value is -1.06. The molecule has 2 aromatic rings. The lowest BCUT2D eigenvalue weighted by Gasteiger charge is -1.96. The number of nitrogens with two attached hydrogens (primary N) is 1. The van der Waals surface area contributed by atoms with Gasteiger partial charge < -0.3 is 5.73 Å². The summed E-state index contributed by atoms with van der Waals surface area (Å²) in [5.41, 5.74) is 6.15. The maximum atomic E-state index is 7.24. The third kappa shape index (κ3) is 1.82. The molecule has 1 heterocycles. The van der Waals surface area contributed by atoms with Crippen LogP contribution in [0.2, 0.25) is 0 Å². The van der Waals surface area contributed by atoms with Crippen molar-refractivity contribution in [2.75, 3.05) is 0 Å². The van der Waals surface area contributed by atoms with Gasteiger partial charge >= 0.3 is 0 Å². The van der Waals surface area contributed by atoms with Crippen LogP contribution in [0, 0.1) is 5.41 Å². The number of rotatable bonds is 1. The number of fused-ring (bicyclic) bond motifs is 1. The zero-order valence-electron chi connectivity index (χ0n) is 6.78. The van der Waals surface area contributed by atoms with Crippen LogP contribution in [0.1, 0.15) is 5.56 Å². The number of hydrogen-bond acceptors (Lipinski definition) is 2. The molecular formula is C9H9ClN2S. The third-order valence-corrected chi connectivity index (χ3v) is 2.66. The fraction of sp³-hybridized carbons (Fsp3) is 0. The van der Waals surface area contributed by atoms with Crippen LogP contribution in [0.5, 0.6) is 0 Å². The number of thiophene rings is 1. The molecule has 13 heavy (non-hydrogen) atoms. The number of benzene rings is 1. The van der Waals surface area contributed by atoms with Crippen molar-refractivity contribution in [1.82, 2.24) is 0 Å². The summed E-state index contributed by atoms with van der Waals surface area (Å²) in [6.07, 6.45) is 0. The van der Waals surface area contributed by atoms with Crippen LogP contribution < -0.4 is 5.73 Å². The molecule has 4 heteroatoms. The van der Waals surface area contributed by atoms with E-state index in [0.29, 0.717) is 0 Å². The number of hydrogen-bond donors (Lipinski definition) is 2. The fourth-order valence-corrected chi connectivity index (χ4v) is 1.91. The highest BCUT2D eigenvalue weighted by molar-refractivity contribution is 7.17. The van der Waals surface area contributed by atoms with E-state index in [1.807, 2.05) is 29.6 Å². The van der Waals surface area contributed by atoms with E-state index in [9.17, 15) is 0 Å². The highest BCUT2D eigenvalue weighted by Crippen LogP contribution is 2.21. The van der Waals surface area contributed by atoms with E-state index in [0.717, 1.165) is 10.9 Å². The summed E-state index contributed by atoms with van der Waals surface area (Å²) < 4.78 is 1.24. The SMILES string of the molecule is Cl.N=C(N)c1ccc2sccc2c1. The average molecular weight is 213 g/mol. The van der Waals surface area contributed by atoms with E-state index in [-0.39, 0.29) is 18.2 Å². The molecule has 2 nitrogen and oxygen atoms in total. The van der Waals surface area contributed by atoms with E-state index in [1.165, 1.54) is 4.70 Å². The lowest BCUT2D eigenvalue weighted by atomic mass is 10.1. The molecule has 0 unspecified atom stereocenters. The van der Waals surface area contributed by atoms with Crippen molar-refractivity contribution in [2.45, 2.75) is 0 Å². The molecule has 68 valence electrons. The summed E-state index contributed by atoms with van der Waals surface area (Å²) in [5.74, 6) is 0.128. The predicted octanol–water partition coefficient (Wildman–Crippen LogP) is 2.61. The van der Waals surface area contributed by atoms with Gasteiger partial charge in [0.25, 0.3) is 0 Å². The first-order chi connectivity index (χ1) is 5.77. The van der Waals surface area contributed by atoms with E-state index in [4.69, 9.17) is 11.1 Å². The highest BCUT2D eigenvalue weighted by Gasteiger charge is 1.98. The van der Waals surface area contributed by atoms with E-state index in [2.05, 4.69) is 0 Å². The highest BCUT2D eigenvalue weighted by atomic mass is 35.5. The predicted molar refractivity (Wildman–Crippen MR) is 60.1 cm³/mol. The van der Waals surface area contributed by atoms with E-state index in [1.54, 1.807) is 11.3 Å². The molecule has 0 fully saturated rings. The molecule has 0 aliphatic rings. The van der Waals surface area contributed by atoms with Gasteiger partial charge in [-0.3, -0.25) is 5.41 Å². The monoisotopic (exact) mass is 212 g/mol. The van der Waals surface area contributed by atoms with Gasteiger partial charge in [-0.1, -0.05) is 0 Å². The molecule has 0 saturated carbocycles. The molecule has 0 aliphatic carbocycles. The molecular weight excluding hydrogens is 204 g/mol. The van der Waals surface area contributed by atoms with Crippen molar-refractivity contribution in [2.24, 2.45) is 5.73 Å².